The molecule has 0 aliphatic carbocycles. The molecule has 0 aromatic carbocycles. The van der Waals surface area contributed by atoms with E-state index in [1.165, 1.54) is 0 Å². The van der Waals surface area contributed by atoms with Gasteiger partial charge in [0, 0.05) is 18.8 Å². The average Bonchev–Trinajstić information content (AvgIpc) is 2.67. The van der Waals surface area contributed by atoms with E-state index in [0.717, 1.165) is 16.8 Å². The molecule has 0 aliphatic heterocycles. The van der Waals surface area contributed by atoms with Crippen molar-refractivity contribution in [2.24, 2.45) is 0 Å². The lowest BCUT2D eigenvalue weighted by Gasteiger charge is -2.13. The summed E-state index contributed by atoms with van der Waals surface area (Å²) < 4.78 is 5.27. The summed E-state index contributed by atoms with van der Waals surface area (Å²) in [6.07, 6.45) is 4.06. The van der Waals surface area contributed by atoms with E-state index < -0.39 is 0 Å². The van der Waals surface area contributed by atoms with Gasteiger partial charge in [-0.15, -0.1) is 0 Å². The first-order chi connectivity index (χ1) is 7.31. The molecule has 2 N–H and O–H groups in total. The zero-order valence-electron chi connectivity index (χ0n) is 8.60. The Hall–Kier alpha value is -1.55. The first-order valence-electron chi connectivity index (χ1n) is 5.01. The highest BCUT2D eigenvalue weighted by Gasteiger charge is 2.07. The van der Waals surface area contributed by atoms with Crippen molar-refractivity contribution in [3.63, 3.8) is 0 Å². The number of hydrogen-bond donors (Lipinski definition) is 2. The van der Waals surface area contributed by atoms with Gasteiger partial charge in [-0.05, 0) is 25.5 Å². The van der Waals surface area contributed by atoms with Crippen LogP contribution in [0.1, 0.15) is 13.3 Å². The summed E-state index contributed by atoms with van der Waals surface area (Å²) in [6, 6.07) is 3.91. The van der Waals surface area contributed by atoms with Gasteiger partial charge in [0.25, 0.3) is 0 Å². The van der Waals surface area contributed by atoms with Crippen molar-refractivity contribution in [3.05, 3.63) is 24.6 Å². The molecule has 80 valence electrons. The highest BCUT2D eigenvalue weighted by Crippen LogP contribution is 2.22. The molecule has 0 bridgehead atoms. The van der Waals surface area contributed by atoms with E-state index in [-0.39, 0.29) is 12.6 Å². The standard InChI is InChI=1S/C11H14N2O2/c1-8(3-6-14)13-11-9-4-7-15-10(9)2-5-12-11/h2,4-5,7-8,14H,3,6H2,1H3,(H,12,13). The number of hydrogen-bond acceptors (Lipinski definition) is 4. The molecule has 2 rings (SSSR count). The molecule has 15 heavy (non-hydrogen) atoms. The summed E-state index contributed by atoms with van der Waals surface area (Å²) in [5.74, 6) is 0.808. The van der Waals surface area contributed by atoms with Crippen LogP contribution in [0.4, 0.5) is 5.82 Å². The number of nitrogens with zero attached hydrogens (tertiary/aromatic N) is 1. The smallest absolute Gasteiger partial charge is 0.139 e. The SMILES string of the molecule is CC(CCO)Nc1nccc2occc12. The third-order valence-corrected chi connectivity index (χ3v) is 2.33. The van der Waals surface area contributed by atoms with E-state index in [1.54, 1.807) is 12.5 Å². The maximum atomic E-state index is 8.81. The predicted molar refractivity (Wildman–Crippen MR) is 58.8 cm³/mol. The number of pyridine rings is 1. The van der Waals surface area contributed by atoms with Crippen molar-refractivity contribution >= 4 is 16.8 Å². The normalized spacial score (nSPS) is 12.9. The lowest BCUT2D eigenvalue weighted by Crippen LogP contribution is -2.17. The Balaban J connectivity index is 2.23. The van der Waals surface area contributed by atoms with E-state index in [9.17, 15) is 0 Å². The lowest BCUT2D eigenvalue weighted by atomic mass is 10.2. The molecule has 4 heteroatoms. The fraction of sp³-hybridized carbons (Fsp3) is 0.364. The lowest BCUT2D eigenvalue weighted by molar-refractivity contribution is 0.282. The van der Waals surface area contributed by atoms with Crippen LogP contribution in [0.2, 0.25) is 0 Å². The molecule has 0 spiro atoms. The molecule has 1 unspecified atom stereocenters. The fourth-order valence-electron chi connectivity index (χ4n) is 1.51. The maximum absolute atomic E-state index is 8.81. The minimum Gasteiger partial charge on any atom is -0.464 e. The molecule has 4 nitrogen and oxygen atoms in total. The molecule has 0 saturated carbocycles. The van der Waals surface area contributed by atoms with Crippen LogP contribution in [0.25, 0.3) is 11.0 Å². The number of aromatic nitrogens is 1. The Labute approximate surface area is 87.9 Å². The quantitative estimate of drug-likeness (QED) is 0.803. The number of anilines is 1. The van der Waals surface area contributed by atoms with Gasteiger partial charge >= 0.3 is 0 Å². The Morgan fingerprint density at radius 2 is 2.40 bits per heavy atom. The average molecular weight is 206 g/mol. The van der Waals surface area contributed by atoms with Crippen LogP contribution in [-0.4, -0.2) is 22.7 Å². The Bertz CT molecular complexity index is 439. The van der Waals surface area contributed by atoms with Crippen molar-refractivity contribution < 1.29 is 9.52 Å². The van der Waals surface area contributed by atoms with Gasteiger partial charge in [0.05, 0.1) is 11.6 Å². The number of aliphatic hydroxyl groups is 1. The van der Waals surface area contributed by atoms with E-state index >= 15 is 0 Å². The van der Waals surface area contributed by atoms with E-state index in [0.29, 0.717) is 6.42 Å². The van der Waals surface area contributed by atoms with Gasteiger partial charge in [-0.25, -0.2) is 4.98 Å². The van der Waals surface area contributed by atoms with E-state index in [4.69, 9.17) is 9.52 Å². The molecule has 0 amide bonds. The second kappa shape index (κ2) is 4.31. The number of aliphatic hydroxyl groups excluding tert-OH is 1. The van der Waals surface area contributed by atoms with Crippen molar-refractivity contribution in [1.29, 1.82) is 0 Å². The van der Waals surface area contributed by atoms with Gasteiger partial charge in [-0.3, -0.25) is 0 Å². The minimum absolute atomic E-state index is 0.176. The molecular weight excluding hydrogens is 192 g/mol. The first kappa shape index (κ1) is 9.98. The number of furan rings is 1. The first-order valence-corrected chi connectivity index (χ1v) is 5.01. The Morgan fingerprint density at radius 1 is 1.53 bits per heavy atom. The van der Waals surface area contributed by atoms with Crippen LogP contribution in [-0.2, 0) is 0 Å². The summed E-state index contributed by atoms with van der Waals surface area (Å²) >= 11 is 0. The second-order valence-electron chi connectivity index (χ2n) is 3.55. The Kier molecular flexibility index (Phi) is 2.87. The van der Waals surface area contributed by atoms with Crippen LogP contribution < -0.4 is 5.32 Å². The molecule has 0 radical (unpaired) electrons. The maximum Gasteiger partial charge on any atom is 0.139 e. The summed E-state index contributed by atoms with van der Waals surface area (Å²) in [7, 11) is 0. The van der Waals surface area contributed by atoms with Gasteiger partial charge < -0.3 is 14.8 Å². The molecule has 2 heterocycles. The number of rotatable bonds is 4. The molecule has 1 atom stereocenters. The molecule has 2 aromatic rings. The summed E-state index contributed by atoms with van der Waals surface area (Å²) in [4.78, 5) is 4.25. The van der Waals surface area contributed by atoms with Crippen LogP contribution in [0, 0.1) is 0 Å². The predicted octanol–water partition coefficient (Wildman–Crippen LogP) is 2.01. The summed E-state index contributed by atoms with van der Waals surface area (Å²) in [5.41, 5.74) is 0.823. The van der Waals surface area contributed by atoms with Gasteiger partial charge in [0.2, 0.25) is 0 Å². The number of fused-ring (bicyclic) bond motifs is 1. The third-order valence-electron chi connectivity index (χ3n) is 2.33. The van der Waals surface area contributed by atoms with Crippen molar-refractivity contribution in [2.75, 3.05) is 11.9 Å². The van der Waals surface area contributed by atoms with Crippen LogP contribution in [0.15, 0.2) is 29.0 Å². The largest absolute Gasteiger partial charge is 0.464 e. The highest BCUT2D eigenvalue weighted by molar-refractivity contribution is 5.87. The summed E-state index contributed by atoms with van der Waals surface area (Å²) in [5, 5.41) is 13.0. The molecule has 0 saturated heterocycles. The zero-order chi connectivity index (χ0) is 10.7. The molecule has 0 aliphatic rings. The van der Waals surface area contributed by atoms with Gasteiger partial charge in [-0.1, -0.05) is 0 Å². The van der Waals surface area contributed by atoms with Gasteiger partial charge in [-0.2, -0.15) is 0 Å². The van der Waals surface area contributed by atoms with Crippen molar-refractivity contribution in [1.82, 2.24) is 4.98 Å². The second-order valence-corrected chi connectivity index (χ2v) is 3.55. The summed E-state index contributed by atoms with van der Waals surface area (Å²) in [6.45, 7) is 2.19. The number of nitrogens with one attached hydrogen (secondary N) is 1. The monoisotopic (exact) mass is 206 g/mol. The van der Waals surface area contributed by atoms with Crippen molar-refractivity contribution in [2.45, 2.75) is 19.4 Å². The minimum atomic E-state index is 0.176. The van der Waals surface area contributed by atoms with E-state index in [1.807, 2.05) is 19.1 Å². The molecular formula is C11H14N2O2. The zero-order valence-corrected chi connectivity index (χ0v) is 8.60. The topological polar surface area (TPSA) is 58.3 Å². The third kappa shape index (κ3) is 2.10. The van der Waals surface area contributed by atoms with Gasteiger partial charge in [0.1, 0.15) is 11.4 Å². The molecule has 2 aromatic heterocycles. The highest BCUT2D eigenvalue weighted by atomic mass is 16.3. The van der Waals surface area contributed by atoms with Gasteiger partial charge in [0.15, 0.2) is 0 Å². The van der Waals surface area contributed by atoms with Crippen molar-refractivity contribution in [3.8, 4) is 0 Å². The molecule has 0 fully saturated rings. The van der Waals surface area contributed by atoms with Crippen LogP contribution in [0.5, 0.6) is 0 Å². The Morgan fingerprint density at radius 3 is 3.20 bits per heavy atom. The van der Waals surface area contributed by atoms with Crippen LogP contribution >= 0.6 is 0 Å². The van der Waals surface area contributed by atoms with E-state index in [2.05, 4.69) is 10.3 Å². The fourth-order valence-corrected chi connectivity index (χ4v) is 1.51. The van der Waals surface area contributed by atoms with Crippen LogP contribution in [0.3, 0.4) is 0 Å².